The van der Waals surface area contributed by atoms with Crippen LogP contribution in [0.5, 0.6) is 0 Å². The molecule has 5 nitrogen and oxygen atoms in total. The lowest BCUT2D eigenvalue weighted by Gasteiger charge is -2.15. The Bertz CT molecular complexity index is 220. The number of hydrogen-bond acceptors (Lipinski definition) is 5. The highest BCUT2D eigenvalue weighted by Gasteiger charge is 2.35. The molecule has 1 N–H and O–H groups in total. The van der Waals surface area contributed by atoms with Crippen molar-refractivity contribution in [2.45, 2.75) is 38.8 Å². The minimum absolute atomic E-state index is 0.254. The zero-order valence-corrected chi connectivity index (χ0v) is 9.12. The number of esters is 2. The first kappa shape index (κ1) is 12.0. The summed E-state index contributed by atoms with van der Waals surface area (Å²) in [5.41, 5.74) is 0. The first-order valence-corrected chi connectivity index (χ1v) is 5.28. The number of nitrogens with one attached hydrogen (secondary N) is 1. The summed E-state index contributed by atoms with van der Waals surface area (Å²) in [7, 11) is 0. The summed E-state index contributed by atoms with van der Waals surface area (Å²) in [6.07, 6.45) is 1.99. The summed E-state index contributed by atoms with van der Waals surface area (Å²) >= 11 is 0. The maximum Gasteiger partial charge on any atom is 0.334 e. The van der Waals surface area contributed by atoms with Crippen molar-refractivity contribution in [2.24, 2.45) is 0 Å². The van der Waals surface area contributed by atoms with Gasteiger partial charge in [-0.1, -0.05) is 0 Å². The molecule has 1 saturated carbocycles. The van der Waals surface area contributed by atoms with Gasteiger partial charge in [-0.15, -0.1) is 0 Å². The van der Waals surface area contributed by atoms with Gasteiger partial charge in [0.2, 0.25) is 6.04 Å². The standard InChI is InChI=1S/C10H17NO4/c1-3-14-9(12)8(10(13)15-4-2)11-7-5-6-7/h7-8,11H,3-6H2,1-2H3. The quantitative estimate of drug-likeness (QED) is 0.507. The van der Waals surface area contributed by atoms with E-state index in [4.69, 9.17) is 9.47 Å². The molecule has 0 bridgehead atoms. The third-order valence-corrected chi connectivity index (χ3v) is 2.02. The van der Waals surface area contributed by atoms with E-state index in [1.165, 1.54) is 0 Å². The number of ether oxygens (including phenoxy) is 2. The molecular formula is C10H17NO4. The highest BCUT2D eigenvalue weighted by Crippen LogP contribution is 2.19. The molecule has 0 radical (unpaired) electrons. The van der Waals surface area contributed by atoms with Gasteiger partial charge in [0.15, 0.2) is 0 Å². The summed E-state index contributed by atoms with van der Waals surface area (Å²) in [6.45, 7) is 3.94. The van der Waals surface area contributed by atoms with E-state index >= 15 is 0 Å². The number of carbonyl (C=O) groups excluding carboxylic acids is 2. The monoisotopic (exact) mass is 215 g/mol. The van der Waals surface area contributed by atoms with Gasteiger partial charge in [0.25, 0.3) is 0 Å². The van der Waals surface area contributed by atoms with Gasteiger partial charge in [-0.2, -0.15) is 0 Å². The zero-order valence-electron chi connectivity index (χ0n) is 9.12. The second kappa shape index (κ2) is 5.70. The van der Waals surface area contributed by atoms with E-state index in [1.54, 1.807) is 13.8 Å². The van der Waals surface area contributed by atoms with Gasteiger partial charge in [0.05, 0.1) is 13.2 Å². The molecule has 0 amide bonds. The molecule has 1 fully saturated rings. The van der Waals surface area contributed by atoms with E-state index < -0.39 is 18.0 Å². The minimum atomic E-state index is -0.961. The molecule has 15 heavy (non-hydrogen) atoms. The van der Waals surface area contributed by atoms with E-state index in [0.717, 1.165) is 12.8 Å². The number of rotatable bonds is 6. The maximum absolute atomic E-state index is 11.4. The fraction of sp³-hybridized carbons (Fsp3) is 0.800. The van der Waals surface area contributed by atoms with Crippen LogP contribution in [0.15, 0.2) is 0 Å². The number of carbonyl (C=O) groups is 2. The lowest BCUT2D eigenvalue weighted by atomic mass is 10.3. The topological polar surface area (TPSA) is 64.6 Å². The molecule has 0 aromatic carbocycles. The lowest BCUT2D eigenvalue weighted by molar-refractivity contribution is -0.158. The molecule has 1 aliphatic carbocycles. The molecule has 0 heterocycles. The molecule has 5 heteroatoms. The van der Waals surface area contributed by atoms with Crippen LogP contribution in [0, 0.1) is 0 Å². The van der Waals surface area contributed by atoms with Crippen LogP contribution in [0.25, 0.3) is 0 Å². The van der Waals surface area contributed by atoms with Gasteiger partial charge < -0.3 is 9.47 Å². The largest absolute Gasteiger partial charge is 0.464 e. The van der Waals surface area contributed by atoms with Crippen LogP contribution in [0.3, 0.4) is 0 Å². The summed E-state index contributed by atoms with van der Waals surface area (Å²) in [5, 5.41) is 2.91. The normalized spacial score (nSPS) is 15.1. The molecule has 0 unspecified atom stereocenters. The van der Waals surface area contributed by atoms with Crippen molar-refractivity contribution in [2.75, 3.05) is 13.2 Å². The van der Waals surface area contributed by atoms with Crippen molar-refractivity contribution in [1.29, 1.82) is 0 Å². The van der Waals surface area contributed by atoms with E-state index in [2.05, 4.69) is 5.32 Å². The third-order valence-electron chi connectivity index (χ3n) is 2.02. The summed E-state index contributed by atoms with van der Waals surface area (Å²) < 4.78 is 9.60. The SMILES string of the molecule is CCOC(=O)C(NC1CC1)C(=O)OCC. The Kier molecular flexibility index (Phi) is 4.55. The molecule has 0 spiro atoms. The fourth-order valence-corrected chi connectivity index (χ4v) is 1.17. The summed E-state index contributed by atoms with van der Waals surface area (Å²) in [4.78, 5) is 22.9. The molecule has 0 aliphatic heterocycles. The molecule has 1 aliphatic rings. The Morgan fingerprint density at radius 3 is 2.00 bits per heavy atom. The second-order valence-corrected chi connectivity index (χ2v) is 3.38. The number of hydrogen-bond donors (Lipinski definition) is 1. The second-order valence-electron chi connectivity index (χ2n) is 3.38. The first-order valence-electron chi connectivity index (χ1n) is 5.28. The van der Waals surface area contributed by atoms with Crippen LogP contribution in [-0.4, -0.2) is 37.2 Å². The van der Waals surface area contributed by atoms with Crippen LogP contribution in [-0.2, 0) is 19.1 Å². The van der Waals surface area contributed by atoms with E-state index in [-0.39, 0.29) is 19.3 Å². The van der Waals surface area contributed by atoms with Gasteiger partial charge in [-0.25, -0.2) is 9.59 Å². The Labute approximate surface area is 89.1 Å². The Morgan fingerprint density at radius 1 is 1.20 bits per heavy atom. The van der Waals surface area contributed by atoms with Gasteiger partial charge >= 0.3 is 11.9 Å². The van der Waals surface area contributed by atoms with Gasteiger partial charge in [-0.05, 0) is 26.7 Å². The van der Waals surface area contributed by atoms with E-state index in [1.807, 2.05) is 0 Å². The van der Waals surface area contributed by atoms with Crippen molar-refractivity contribution in [3.05, 3.63) is 0 Å². The predicted molar refractivity (Wildman–Crippen MR) is 53.2 cm³/mol. The van der Waals surface area contributed by atoms with Crippen molar-refractivity contribution in [1.82, 2.24) is 5.32 Å². The molecule has 0 saturated heterocycles. The Morgan fingerprint density at radius 2 is 1.67 bits per heavy atom. The lowest BCUT2D eigenvalue weighted by Crippen LogP contribution is -2.46. The van der Waals surface area contributed by atoms with Gasteiger partial charge in [-0.3, -0.25) is 5.32 Å². The molecular weight excluding hydrogens is 198 g/mol. The average Bonchev–Trinajstić information content (AvgIpc) is 2.98. The molecule has 0 aromatic heterocycles. The highest BCUT2D eigenvalue weighted by molar-refractivity contribution is 5.99. The third kappa shape index (κ3) is 3.87. The van der Waals surface area contributed by atoms with Crippen molar-refractivity contribution in [3.63, 3.8) is 0 Å². The molecule has 1 rings (SSSR count). The van der Waals surface area contributed by atoms with Crippen LogP contribution in [0.2, 0.25) is 0 Å². The van der Waals surface area contributed by atoms with Gasteiger partial charge in [0, 0.05) is 6.04 Å². The van der Waals surface area contributed by atoms with Crippen LogP contribution >= 0.6 is 0 Å². The Hall–Kier alpha value is -1.10. The average molecular weight is 215 g/mol. The van der Waals surface area contributed by atoms with Crippen LogP contribution in [0.4, 0.5) is 0 Å². The first-order chi connectivity index (χ1) is 7.19. The van der Waals surface area contributed by atoms with E-state index in [9.17, 15) is 9.59 Å². The van der Waals surface area contributed by atoms with Crippen LogP contribution < -0.4 is 5.32 Å². The maximum atomic E-state index is 11.4. The minimum Gasteiger partial charge on any atom is -0.464 e. The zero-order chi connectivity index (χ0) is 11.3. The Balaban J connectivity index is 2.49. The smallest absolute Gasteiger partial charge is 0.334 e. The molecule has 0 aromatic rings. The summed E-state index contributed by atoms with van der Waals surface area (Å²) in [6, 6.07) is -0.707. The summed E-state index contributed by atoms with van der Waals surface area (Å²) in [5.74, 6) is -1.11. The van der Waals surface area contributed by atoms with E-state index in [0.29, 0.717) is 0 Å². The fourth-order valence-electron chi connectivity index (χ4n) is 1.17. The van der Waals surface area contributed by atoms with Crippen molar-refractivity contribution >= 4 is 11.9 Å². The van der Waals surface area contributed by atoms with Crippen molar-refractivity contribution in [3.8, 4) is 0 Å². The van der Waals surface area contributed by atoms with Crippen LogP contribution in [0.1, 0.15) is 26.7 Å². The van der Waals surface area contributed by atoms with Crippen molar-refractivity contribution < 1.29 is 19.1 Å². The predicted octanol–water partition coefficient (Wildman–Crippen LogP) is 0.233. The highest BCUT2D eigenvalue weighted by atomic mass is 16.6. The van der Waals surface area contributed by atoms with Gasteiger partial charge in [0.1, 0.15) is 0 Å². The molecule has 0 atom stereocenters. The molecule has 86 valence electrons.